The van der Waals surface area contributed by atoms with Crippen LogP contribution >= 0.6 is 0 Å². The minimum atomic E-state index is -0.939. The largest absolute Gasteiger partial charge is 0.385 e. The van der Waals surface area contributed by atoms with E-state index in [2.05, 4.69) is 0 Å². The van der Waals surface area contributed by atoms with Crippen molar-refractivity contribution in [1.29, 1.82) is 0 Å². The molecule has 1 N–H and O–H groups in total. The molecule has 0 aromatic rings. The van der Waals surface area contributed by atoms with Crippen LogP contribution in [0.1, 0.15) is 19.8 Å². The average Bonchev–Trinajstić information content (AvgIpc) is 2.05. The Morgan fingerprint density at radius 3 is 2.92 bits per heavy atom. The predicted octanol–water partition coefficient (Wildman–Crippen LogP) is 1.46. The lowest BCUT2D eigenvalue weighted by Crippen LogP contribution is -2.36. The SMILES string of the molecule is CCCC1(O)C=CC=CC1C=O. The first-order valence-electron chi connectivity index (χ1n) is 4.26. The second kappa shape index (κ2) is 3.68. The maximum atomic E-state index is 10.6. The molecule has 2 heteroatoms. The van der Waals surface area contributed by atoms with Gasteiger partial charge in [0.05, 0.1) is 11.5 Å². The second-order valence-corrected chi connectivity index (χ2v) is 3.15. The molecule has 1 aliphatic rings. The van der Waals surface area contributed by atoms with E-state index in [4.69, 9.17) is 0 Å². The molecule has 0 saturated carbocycles. The molecule has 66 valence electrons. The number of carbonyl (C=O) groups excluding carboxylic acids is 1. The number of rotatable bonds is 3. The van der Waals surface area contributed by atoms with Gasteiger partial charge in [-0.3, -0.25) is 0 Å². The summed E-state index contributed by atoms with van der Waals surface area (Å²) in [7, 11) is 0. The van der Waals surface area contributed by atoms with Crippen molar-refractivity contribution in [3.63, 3.8) is 0 Å². The van der Waals surface area contributed by atoms with Crippen molar-refractivity contribution in [2.75, 3.05) is 0 Å². The van der Waals surface area contributed by atoms with Gasteiger partial charge in [0.25, 0.3) is 0 Å². The Kier molecular flexibility index (Phi) is 2.82. The fourth-order valence-corrected chi connectivity index (χ4v) is 1.50. The van der Waals surface area contributed by atoms with Crippen LogP contribution in [0.25, 0.3) is 0 Å². The van der Waals surface area contributed by atoms with E-state index < -0.39 is 5.60 Å². The van der Waals surface area contributed by atoms with Crippen LogP contribution in [0.2, 0.25) is 0 Å². The molecule has 0 aromatic carbocycles. The topological polar surface area (TPSA) is 37.3 Å². The van der Waals surface area contributed by atoms with E-state index in [1.54, 1.807) is 24.3 Å². The quantitative estimate of drug-likeness (QED) is 0.644. The van der Waals surface area contributed by atoms with Gasteiger partial charge in [-0.15, -0.1) is 0 Å². The number of hydrogen-bond acceptors (Lipinski definition) is 2. The Bertz CT molecular complexity index is 218. The summed E-state index contributed by atoms with van der Waals surface area (Å²) in [6.45, 7) is 1.99. The van der Waals surface area contributed by atoms with Gasteiger partial charge in [0, 0.05) is 0 Å². The first-order chi connectivity index (χ1) is 5.73. The molecule has 0 radical (unpaired) electrons. The molecule has 0 saturated heterocycles. The van der Waals surface area contributed by atoms with E-state index in [1.807, 2.05) is 6.92 Å². The number of allylic oxidation sites excluding steroid dienone is 2. The van der Waals surface area contributed by atoms with Gasteiger partial charge >= 0.3 is 0 Å². The number of hydrogen-bond donors (Lipinski definition) is 1. The first kappa shape index (κ1) is 9.20. The zero-order chi connectivity index (χ0) is 9.03. The van der Waals surface area contributed by atoms with E-state index in [0.29, 0.717) is 6.42 Å². The third-order valence-corrected chi connectivity index (χ3v) is 2.19. The second-order valence-electron chi connectivity index (χ2n) is 3.15. The molecule has 1 aliphatic carbocycles. The third kappa shape index (κ3) is 1.64. The van der Waals surface area contributed by atoms with E-state index in [0.717, 1.165) is 12.7 Å². The van der Waals surface area contributed by atoms with Gasteiger partial charge in [-0.1, -0.05) is 37.6 Å². The summed E-state index contributed by atoms with van der Waals surface area (Å²) >= 11 is 0. The lowest BCUT2D eigenvalue weighted by molar-refractivity contribution is -0.115. The summed E-state index contributed by atoms with van der Waals surface area (Å²) in [5.74, 6) is -0.373. The lowest BCUT2D eigenvalue weighted by Gasteiger charge is -2.29. The Hall–Kier alpha value is -0.890. The lowest BCUT2D eigenvalue weighted by atomic mass is 9.81. The number of aldehydes is 1. The Balaban J connectivity index is 2.78. The molecule has 0 amide bonds. The monoisotopic (exact) mass is 166 g/mol. The van der Waals surface area contributed by atoms with Gasteiger partial charge < -0.3 is 9.90 Å². The van der Waals surface area contributed by atoms with Gasteiger partial charge in [0.1, 0.15) is 6.29 Å². The molecule has 0 aliphatic heterocycles. The first-order valence-corrected chi connectivity index (χ1v) is 4.26. The predicted molar refractivity (Wildman–Crippen MR) is 47.7 cm³/mol. The molecule has 1 rings (SSSR count). The highest BCUT2D eigenvalue weighted by Gasteiger charge is 2.32. The van der Waals surface area contributed by atoms with Crippen molar-refractivity contribution in [2.45, 2.75) is 25.4 Å². The standard InChI is InChI=1S/C10H14O2/c1-2-6-10(12)7-4-3-5-9(10)8-11/h3-5,7-9,12H,2,6H2,1H3. The molecule has 12 heavy (non-hydrogen) atoms. The van der Waals surface area contributed by atoms with Crippen molar-refractivity contribution in [2.24, 2.45) is 5.92 Å². The highest BCUT2D eigenvalue weighted by atomic mass is 16.3. The molecule has 0 heterocycles. The molecule has 0 spiro atoms. The molecule has 2 nitrogen and oxygen atoms in total. The summed E-state index contributed by atoms with van der Waals surface area (Å²) < 4.78 is 0. The van der Waals surface area contributed by atoms with Crippen LogP contribution in [0.5, 0.6) is 0 Å². The molecule has 0 aromatic heterocycles. The van der Waals surface area contributed by atoms with Crippen LogP contribution in [-0.4, -0.2) is 17.0 Å². The molecule has 0 bridgehead atoms. The third-order valence-electron chi connectivity index (χ3n) is 2.19. The van der Waals surface area contributed by atoms with Crippen molar-refractivity contribution >= 4 is 6.29 Å². The molecule has 0 fully saturated rings. The van der Waals surface area contributed by atoms with Gasteiger partial charge in [-0.05, 0) is 6.42 Å². The normalized spacial score (nSPS) is 33.7. The van der Waals surface area contributed by atoms with E-state index in [1.165, 1.54) is 0 Å². The minimum absolute atomic E-state index is 0.373. The summed E-state index contributed by atoms with van der Waals surface area (Å²) in [6.07, 6.45) is 9.34. The zero-order valence-corrected chi connectivity index (χ0v) is 7.23. The highest BCUT2D eigenvalue weighted by Crippen LogP contribution is 2.27. The minimum Gasteiger partial charge on any atom is -0.385 e. The van der Waals surface area contributed by atoms with Crippen molar-refractivity contribution in [3.05, 3.63) is 24.3 Å². The van der Waals surface area contributed by atoms with Crippen LogP contribution in [-0.2, 0) is 4.79 Å². The maximum absolute atomic E-state index is 10.6. The molecular formula is C10H14O2. The Morgan fingerprint density at radius 1 is 1.58 bits per heavy atom. The van der Waals surface area contributed by atoms with E-state index in [-0.39, 0.29) is 5.92 Å². The van der Waals surface area contributed by atoms with Crippen molar-refractivity contribution in [1.82, 2.24) is 0 Å². The molecule has 2 unspecified atom stereocenters. The average molecular weight is 166 g/mol. The highest BCUT2D eigenvalue weighted by molar-refractivity contribution is 5.61. The van der Waals surface area contributed by atoms with Crippen LogP contribution in [0.15, 0.2) is 24.3 Å². The zero-order valence-electron chi connectivity index (χ0n) is 7.23. The summed E-state index contributed by atoms with van der Waals surface area (Å²) in [5, 5.41) is 9.96. The van der Waals surface area contributed by atoms with Crippen molar-refractivity contribution in [3.8, 4) is 0 Å². The smallest absolute Gasteiger partial charge is 0.130 e. The van der Waals surface area contributed by atoms with Gasteiger partial charge in [0.2, 0.25) is 0 Å². The fourth-order valence-electron chi connectivity index (χ4n) is 1.50. The maximum Gasteiger partial charge on any atom is 0.130 e. The fraction of sp³-hybridized carbons (Fsp3) is 0.500. The number of aliphatic hydroxyl groups is 1. The van der Waals surface area contributed by atoms with Crippen molar-refractivity contribution < 1.29 is 9.90 Å². The molecular weight excluding hydrogens is 152 g/mol. The van der Waals surface area contributed by atoms with E-state index >= 15 is 0 Å². The summed E-state index contributed by atoms with van der Waals surface area (Å²) in [4.78, 5) is 10.6. The van der Waals surface area contributed by atoms with Crippen LogP contribution < -0.4 is 0 Å². The van der Waals surface area contributed by atoms with Gasteiger partial charge in [0.15, 0.2) is 0 Å². The molecule has 2 atom stereocenters. The van der Waals surface area contributed by atoms with Gasteiger partial charge in [-0.2, -0.15) is 0 Å². The summed E-state index contributed by atoms with van der Waals surface area (Å²) in [5.41, 5.74) is -0.939. The Morgan fingerprint density at radius 2 is 2.33 bits per heavy atom. The van der Waals surface area contributed by atoms with Crippen LogP contribution in [0.3, 0.4) is 0 Å². The number of carbonyl (C=O) groups is 1. The van der Waals surface area contributed by atoms with Crippen LogP contribution in [0.4, 0.5) is 0 Å². The van der Waals surface area contributed by atoms with Gasteiger partial charge in [-0.25, -0.2) is 0 Å². The summed E-state index contributed by atoms with van der Waals surface area (Å²) in [6, 6.07) is 0. The van der Waals surface area contributed by atoms with Crippen LogP contribution in [0, 0.1) is 5.92 Å². The Labute approximate surface area is 72.6 Å². The van der Waals surface area contributed by atoms with E-state index in [9.17, 15) is 9.90 Å².